The zero-order chi connectivity index (χ0) is 27.0. The fraction of sp³-hybridized carbons (Fsp3) is 0.192. The van der Waals surface area contributed by atoms with Crippen LogP contribution in [0.25, 0.3) is 33.3 Å². The van der Waals surface area contributed by atoms with Crippen LogP contribution in [0.2, 0.25) is 0 Å². The fourth-order valence-corrected chi connectivity index (χ4v) is 4.16. The van der Waals surface area contributed by atoms with Crippen molar-refractivity contribution in [2.45, 2.75) is 19.3 Å². The van der Waals surface area contributed by atoms with Crippen molar-refractivity contribution in [2.75, 3.05) is 14.2 Å². The number of pyridine rings is 1. The molecule has 38 heavy (non-hydrogen) atoms. The number of hydrogen-bond acceptors (Lipinski definition) is 8. The SMILES string of the molecule is COc1ccc(-c2nc(C(=O)NCc3coc4cccc(OC)c34)c(CN)o2)c2ccc(C(F)(F)F)nc12. The minimum Gasteiger partial charge on any atom is -0.496 e. The van der Waals surface area contributed by atoms with Gasteiger partial charge in [0.1, 0.15) is 28.3 Å². The number of benzene rings is 2. The highest BCUT2D eigenvalue weighted by molar-refractivity contribution is 5.98. The first kappa shape index (κ1) is 25.1. The number of alkyl halides is 3. The number of aromatic nitrogens is 2. The van der Waals surface area contributed by atoms with Gasteiger partial charge in [-0.05, 0) is 36.4 Å². The third-order valence-electron chi connectivity index (χ3n) is 5.96. The Balaban J connectivity index is 1.48. The number of nitrogens with one attached hydrogen (secondary N) is 1. The molecule has 9 nitrogen and oxygen atoms in total. The van der Waals surface area contributed by atoms with E-state index in [1.54, 1.807) is 24.3 Å². The van der Waals surface area contributed by atoms with Crippen LogP contribution in [0.4, 0.5) is 13.2 Å². The highest BCUT2D eigenvalue weighted by Gasteiger charge is 2.33. The van der Waals surface area contributed by atoms with Gasteiger partial charge in [-0.3, -0.25) is 4.79 Å². The second-order valence-corrected chi connectivity index (χ2v) is 8.18. The first-order valence-corrected chi connectivity index (χ1v) is 11.3. The monoisotopic (exact) mass is 526 g/mol. The Morgan fingerprint density at radius 2 is 1.84 bits per heavy atom. The number of amides is 1. The average Bonchev–Trinajstić information content (AvgIpc) is 3.54. The number of fused-ring (bicyclic) bond motifs is 2. The summed E-state index contributed by atoms with van der Waals surface area (Å²) in [5.41, 5.74) is 6.27. The quantitative estimate of drug-likeness (QED) is 0.301. The summed E-state index contributed by atoms with van der Waals surface area (Å²) in [6, 6.07) is 10.5. The molecule has 3 heterocycles. The molecular formula is C26H21F3N4O5. The molecule has 0 aliphatic carbocycles. The normalized spacial score (nSPS) is 11.7. The van der Waals surface area contributed by atoms with Crippen LogP contribution in [0.1, 0.15) is 27.5 Å². The molecule has 3 N–H and O–H groups in total. The number of nitrogens with zero attached hydrogens (tertiary/aromatic N) is 2. The number of methoxy groups -OCH3 is 2. The van der Waals surface area contributed by atoms with E-state index in [1.165, 1.54) is 32.6 Å². The van der Waals surface area contributed by atoms with Crippen molar-refractivity contribution in [1.82, 2.24) is 15.3 Å². The maximum absolute atomic E-state index is 13.3. The van der Waals surface area contributed by atoms with Crippen LogP contribution in [-0.2, 0) is 19.3 Å². The van der Waals surface area contributed by atoms with Gasteiger partial charge >= 0.3 is 6.18 Å². The standard InChI is InChI=1S/C26H21F3N4O5/c1-35-16-4-3-5-17-21(16)13(12-37-17)11-31-24(34)23-19(10-30)38-25(33-23)15-6-8-18(36-2)22-14(15)7-9-20(32-22)26(27,28)29/h3-9,12H,10-11,30H2,1-2H3,(H,31,34). The maximum atomic E-state index is 13.3. The Labute approximate surface area is 213 Å². The van der Waals surface area contributed by atoms with Gasteiger partial charge < -0.3 is 29.4 Å². The molecule has 0 fully saturated rings. The molecule has 0 aliphatic rings. The maximum Gasteiger partial charge on any atom is 0.433 e. The van der Waals surface area contributed by atoms with E-state index in [0.717, 1.165) is 11.5 Å². The molecule has 0 spiro atoms. The molecule has 0 atom stereocenters. The summed E-state index contributed by atoms with van der Waals surface area (Å²) in [5.74, 6) is 0.290. The predicted octanol–water partition coefficient (Wildman–Crippen LogP) is 5.06. The second-order valence-electron chi connectivity index (χ2n) is 8.18. The zero-order valence-electron chi connectivity index (χ0n) is 20.2. The van der Waals surface area contributed by atoms with Gasteiger partial charge in [0.05, 0.1) is 32.4 Å². The predicted molar refractivity (Wildman–Crippen MR) is 131 cm³/mol. The lowest BCUT2D eigenvalue weighted by Crippen LogP contribution is -2.24. The van der Waals surface area contributed by atoms with Gasteiger partial charge in [0, 0.05) is 23.1 Å². The summed E-state index contributed by atoms with van der Waals surface area (Å²) >= 11 is 0. The van der Waals surface area contributed by atoms with Gasteiger partial charge in [-0.25, -0.2) is 9.97 Å². The molecular weight excluding hydrogens is 505 g/mol. The number of hydrogen-bond donors (Lipinski definition) is 2. The van der Waals surface area contributed by atoms with Gasteiger partial charge in [-0.1, -0.05) is 6.07 Å². The van der Waals surface area contributed by atoms with E-state index in [2.05, 4.69) is 15.3 Å². The van der Waals surface area contributed by atoms with Gasteiger partial charge in [0.15, 0.2) is 11.5 Å². The van der Waals surface area contributed by atoms with Crippen molar-refractivity contribution in [2.24, 2.45) is 5.73 Å². The molecule has 12 heteroatoms. The minimum absolute atomic E-state index is 0.000224. The summed E-state index contributed by atoms with van der Waals surface area (Å²) < 4.78 is 61.7. The largest absolute Gasteiger partial charge is 0.496 e. The third-order valence-corrected chi connectivity index (χ3v) is 5.96. The van der Waals surface area contributed by atoms with Crippen molar-refractivity contribution >= 4 is 27.8 Å². The highest BCUT2D eigenvalue weighted by atomic mass is 19.4. The molecule has 0 saturated carbocycles. The van der Waals surface area contributed by atoms with Gasteiger partial charge in [0.25, 0.3) is 5.91 Å². The molecule has 0 saturated heterocycles. The van der Waals surface area contributed by atoms with Crippen LogP contribution in [0.3, 0.4) is 0 Å². The Kier molecular flexibility index (Phi) is 6.41. The minimum atomic E-state index is -4.64. The Morgan fingerprint density at radius 3 is 2.55 bits per heavy atom. The molecule has 0 aliphatic heterocycles. The molecule has 0 unspecified atom stereocenters. The highest BCUT2D eigenvalue weighted by Crippen LogP contribution is 2.37. The lowest BCUT2D eigenvalue weighted by atomic mass is 10.1. The number of halogens is 3. The molecule has 196 valence electrons. The first-order valence-electron chi connectivity index (χ1n) is 11.3. The Morgan fingerprint density at radius 1 is 1.05 bits per heavy atom. The fourth-order valence-electron chi connectivity index (χ4n) is 4.16. The summed E-state index contributed by atoms with van der Waals surface area (Å²) in [6.07, 6.45) is -3.11. The topological polar surface area (TPSA) is 126 Å². The van der Waals surface area contributed by atoms with E-state index in [-0.39, 0.29) is 41.7 Å². The van der Waals surface area contributed by atoms with Gasteiger partial charge in [-0.15, -0.1) is 0 Å². The van der Waals surface area contributed by atoms with E-state index in [0.29, 0.717) is 27.8 Å². The number of oxazole rings is 1. The second kappa shape index (κ2) is 9.71. The van der Waals surface area contributed by atoms with Crippen LogP contribution in [0.5, 0.6) is 11.5 Å². The molecule has 5 rings (SSSR count). The average molecular weight is 526 g/mol. The van der Waals surface area contributed by atoms with Crippen molar-refractivity contribution in [1.29, 1.82) is 0 Å². The summed E-state index contributed by atoms with van der Waals surface area (Å²) in [6.45, 7) is -0.0310. The number of ether oxygens (including phenoxy) is 2. The van der Waals surface area contributed by atoms with Crippen molar-refractivity contribution in [3.8, 4) is 23.0 Å². The van der Waals surface area contributed by atoms with E-state index in [1.807, 2.05) is 0 Å². The zero-order valence-corrected chi connectivity index (χ0v) is 20.2. The number of carbonyl (C=O) groups is 1. The Bertz CT molecular complexity index is 1660. The van der Waals surface area contributed by atoms with Crippen LogP contribution < -0.4 is 20.5 Å². The number of nitrogens with two attached hydrogens (primary N) is 1. The number of rotatable bonds is 7. The van der Waals surface area contributed by atoms with Crippen LogP contribution in [0.15, 0.2) is 57.6 Å². The molecule has 0 radical (unpaired) electrons. The first-order chi connectivity index (χ1) is 18.2. The number of furan rings is 1. The molecule has 1 amide bonds. The van der Waals surface area contributed by atoms with Gasteiger partial charge in [-0.2, -0.15) is 13.2 Å². The van der Waals surface area contributed by atoms with Crippen LogP contribution in [-0.4, -0.2) is 30.1 Å². The smallest absolute Gasteiger partial charge is 0.433 e. The summed E-state index contributed by atoms with van der Waals surface area (Å²) in [7, 11) is 2.87. The lowest BCUT2D eigenvalue weighted by Gasteiger charge is -2.11. The number of carbonyl (C=O) groups excluding carboxylic acids is 1. The van der Waals surface area contributed by atoms with E-state index in [4.69, 9.17) is 24.0 Å². The van der Waals surface area contributed by atoms with Crippen LogP contribution in [0, 0.1) is 0 Å². The van der Waals surface area contributed by atoms with Crippen molar-refractivity contribution in [3.63, 3.8) is 0 Å². The van der Waals surface area contributed by atoms with Crippen LogP contribution >= 0.6 is 0 Å². The molecule has 5 aromatic rings. The summed E-state index contributed by atoms with van der Waals surface area (Å²) in [5, 5.41) is 3.80. The Hall–Kier alpha value is -4.58. The molecule has 0 bridgehead atoms. The lowest BCUT2D eigenvalue weighted by molar-refractivity contribution is -0.140. The summed E-state index contributed by atoms with van der Waals surface area (Å²) in [4.78, 5) is 21.1. The van der Waals surface area contributed by atoms with E-state index >= 15 is 0 Å². The molecule has 2 aromatic carbocycles. The van der Waals surface area contributed by atoms with Gasteiger partial charge in [0.2, 0.25) is 5.89 Å². The third kappa shape index (κ3) is 4.39. The van der Waals surface area contributed by atoms with E-state index < -0.39 is 17.8 Å². The van der Waals surface area contributed by atoms with E-state index in [9.17, 15) is 18.0 Å². The molecule has 3 aromatic heterocycles. The van der Waals surface area contributed by atoms with Crippen molar-refractivity contribution < 1.29 is 36.3 Å². The van der Waals surface area contributed by atoms with Crippen molar-refractivity contribution in [3.05, 3.63) is 71.4 Å².